The van der Waals surface area contributed by atoms with E-state index in [9.17, 15) is 13.2 Å². The van der Waals surface area contributed by atoms with Crippen molar-refractivity contribution in [1.82, 2.24) is 9.73 Å². The van der Waals surface area contributed by atoms with Crippen LogP contribution in [0.25, 0.3) is 0 Å². The molecule has 3 aromatic carbocycles. The molecule has 1 unspecified atom stereocenters. The van der Waals surface area contributed by atoms with Gasteiger partial charge in [0.2, 0.25) is 5.96 Å². The molecule has 0 fully saturated rings. The Morgan fingerprint density at radius 3 is 2.33 bits per heavy atom. The molecule has 0 saturated carbocycles. The molecule has 8 nitrogen and oxygen atoms in total. The number of benzene rings is 3. The quantitative estimate of drug-likeness (QED) is 0.285. The van der Waals surface area contributed by atoms with Crippen LogP contribution >= 0.6 is 11.6 Å². The Bertz CT molecular complexity index is 1360. The highest BCUT2D eigenvalue weighted by molar-refractivity contribution is 7.90. The first-order valence-electron chi connectivity index (χ1n) is 11.3. The minimum absolute atomic E-state index is 0.00167. The number of sulfonamides is 1. The summed E-state index contributed by atoms with van der Waals surface area (Å²) in [5.74, 6) is -0.807. The topological polar surface area (TPSA) is 100 Å². The van der Waals surface area contributed by atoms with Crippen molar-refractivity contribution >= 4 is 39.3 Å². The molecule has 3 aromatic rings. The van der Waals surface area contributed by atoms with Crippen LogP contribution in [0.3, 0.4) is 0 Å². The zero-order chi connectivity index (χ0) is 25.5. The van der Waals surface area contributed by atoms with Crippen LogP contribution in [0.15, 0.2) is 99.9 Å². The Kier molecular flexibility index (Phi) is 8.02. The summed E-state index contributed by atoms with van der Waals surface area (Å²) in [6, 6.07) is 25.2. The predicted octanol–water partition coefficient (Wildman–Crippen LogP) is 4.04. The Hall–Kier alpha value is -3.69. The molecule has 1 atom stereocenters. The SMILES string of the molecule is CCOC(=O)CN=C(NS(=O)(=O)c1ccc(Cl)cc1)N1CC(c2ccccc2)C(c2ccccc2)=N1. The van der Waals surface area contributed by atoms with Gasteiger partial charge in [0.05, 0.1) is 23.8 Å². The highest BCUT2D eigenvalue weighted by Crippen LogP contribution is 2.29. The van der Waals surface area contributed by atoms with Gasteiger partial charge in [-0.05, 0) is 42.3 Å². The molecule has 0 aromatic heterocycles. The van der Waals surface area contributed by atoms with Crippen LogP contribution in [0, 0.1) is 0 Å². The van der Waals surface area contributed by atoms with Gasteiger partial charge in [-0.2, -0.15) is 5.10 Å². The van der Waals surface area contributed by atoms with Gasteiger partial charge in [-0.3, -0.25) is 4.79 Å². The second-order valence-corrected chi connectivity index (χ2v) is 10.0. The second-order valence-electron chi connectivity index (χ2n) is 7.90. The first-order chi connectivity index (χ1) is 17.4. The Morgan fingerprint density at radius 1 is 1.06 bits per heavy atom. The molecule has 0 radical (unpaired) electrons. The van der Waals surface area contributed by atoms with E-state index in [1.54, 1.807) is 6.92 Å². The van der Waals surface area contributed by atoms with Crippen LogP contribution in [0.2, 0.25) is 5.02 Å². The van der Waals surface area contributed by atoms with Crippen molar-refractivity contribution in [3.05, 3.63) is 101 Å². The summed E-state index contributed by atoms with van der Waals surface area (Å²) >= 11 is 5.92. The molecule has 1 aliphatic heterocycles. The van der Waals surface area contributed by atoms with Crippen molar-refractivity contribution < 1.29 is 17.9 Å². The molecule has 0 aliphatic carbocycles. The number of rotatable bonds is 7. The van der Waals surface area contributed by atoms with Crippen LogP contribution in [0.1, 0.15) is 24.0 Å². The van der Waals surface area contributed by atoms with E-state index in [1.807, 2.05) is 60.7 Å². The van der Waals surface area contributed by atoms with Crippen molar-refractivity contribution in [2.24, 2.45) is 10.1 Å². The number of guanidine groups is 1. The van der Waals surface area contributed by atoms with Crippen LogP contribution in [-0.4, -0.2) is 50.8 Å². The third kappa shape index (κ3) is 6.10. The minimum Gasteiger partial charge on any atom is -0.465 e. The zero-order valence-corrected chi connectivity index (χ0v) is 21.1. The van der Waals surface area contributed by atoms with E-state index >= 15 is 0 Å². The highest BCUT2D eigenvalue weighted by Gasteiger charge is 2.33. The molecule has 36 heavy (non-hydrogen) atoms. The lowest BCUT2D eigenvalue weighted by molar-refractivity contribution is -0.141. The monoisotopic (exact) mass is 524 g/mol. The number of ether oxygens (including phenoxy) is 1. The Balaban J connectivity index is 1.72. The fourth-order valence-electron chi connectivity index (χ4n) is 3.76. The highest BCUT2D eigenvalue weighted by atomic mass is 35.5. The minimum atomic E-state index is -4.04. The molecule has 186 valence electrons. The average Bonchev–Trinajstić information content (AvgIpc) is 3.33. The standard InChI is InChI=1S/C26H25ClN4O4S/c1-2-35-24(32)17-28-26(30-36(33,34)22-15-13-21(27)14-16-22)31-18-23(19-9-5-3-6-10-19)25(29-31)20-11-7-4-8-12-20/h3-16,23H,2,17-18H2,1H3,(H,28,30). The first kappa shape index (κ1) is 25.4. The molecule has 0 spiro atoms. The van der Waals surface area contributed by atoms with E-state index in [-0.39, 0.29) is 29.9 Å². The molecular weight excluding hydrogens is 500 g/mol. The number of hydrazone groups is 1. The predicted molar refractivity (Wildman–Crippen MR) is 140 cm³/mol. The van der Waals surface area contributed by atoms with Gasteiger partial charge in [0.1, 0.15) is 6.54 Å². The lowest BCUT2D eigenvalue weighted by Crippen LogP contribution is -2.41. The maximum Gasteiger partial charge on any atom is 0.327 e. The number of hydrogen-bond donors (Lipinski definition) is 1. The average molecular weight is 525 g/mol. The third-order valence-corrected chi connectivity index (χ3v) is 7.04. The summed E-state index contributed by atoms with van der Waals surface area (Å²) in [5.41, 5.74) is 2.68. The second kappa shape index (κ2) is 11.4. The van der Waals surface area contributed by atoms with Crippen LogP contribution in [0.5, 0.6) is 0 Å². The van der Waals surface area contributed by atoms with Crippen LogP contribution in [0.4, 0.5) is 0 Å². The first-order valence-corrected chi connectivity index (χ1v) is 13.2. The largest absolute Gasteiger partial charge is 0.465 e. The maximum atomic E-state index is 13.2. The van der Waals surface area contributed by atoms with E-state index in [4.69, 9.17) is 21.4 Å². The smallest absolute Gasteiger partial charge is 0.327 e. The van der Waals surface area contributed by atoms with Crippen LogP contribution < -0.4 is 4.72 Å². The van der Waals surface area contributed by atoms with Gasteiger partial charge in [0, 0.05) is 10.9 Å². The molecule has 1 aliphatic rings. The van der Waals surface area contributed by atoms with Crippen molar-refractivity contribution in [2.75, 3.05) is 19.7 Å². The van der Waals surface area contributed by atoms with E-state index in [0.717, 1.165) is 16.8 Å². The number of aliphatic imine (C=N–C) groups is 1. The number of esters is 1. The van der Waals surface area contributed by atoms with Gasteiger partial charge in [0.15, 0.2) is 0 Å². The number of halogens is 1. The van der Waals surface area contributed by atoms with Gasteiger partial charge in [0.25, 0.3) is 10.0 Å². The van der Waals surface area contributed by atoms with Crippen LogP contribution in [-0.2, 0) is 19.6 Å². The van der Waals surface area contributed by atoms with E-state index < -0.39 is 16.0 Å². The van der Waals surface area contributed by atoms with Gasteiger partial charge < -0.3 is 4.74 Å². The number of hydrogen-bond acceptors (Lipinski definition) is 6. The fourth-order valence-corrected chi connectivity index (χ4v) is 4.90. The molecule has 0 bridgehead atoms. The van der Waals surface area contributed by atoms with Crippen molar-refractivity contribution in [2.45, 2.75) is 17.7 Å². The van der Waals surface area contributed by atoms with Gasteiger partial charge >= 0.3 is 5.97 Å². The van der Waals surface area contributed by atoms with Crippen molar-refractivity contribution in [3.8, 4) is 0 Å². The normalized spacial score (nSPS) is 15.9. The van der Waals surface area contributed by atoms with Crippen molar-refractivity contribution in [3.63, 3.8) is 0 Å². The van der Waals surface area contributed by atoms with Crippen molar-refractivity contribution in [1.29, 1.82) is 0 Å². The summed E-state index contributed by atoms with van der Waals surface area (Å²) < 4.78 is 33.8. The summed E-state index contributed by atoms with van der Waals surface area (Å²) in [6.07, 6.45) is 0. The zero-order valence-electron chi connectivity index (χ0n) is 19.5. The summed E-state index contributed by atoms with van der Waals surface area (Å²) in [5, 5.41) is 6.64. The van der Waals surface area contributed by atoms with Gasteiger partial charge in [-0.25, -0.2) is 23.1 Å². The maximum absolute atomic E-state index is 13.2. The lowest BCUT2D eigenvalue weighted by atomic mass is 9.91. The van der Waals surface area contributed by atoms with Gasteiger partial charge in [-0.15, -0.1) is 0 Å². The third-order valence-electron chi connectivity index (χ3n) is 5.44. The number of carbonyl (C=O) groups excluding carboxylic acids is 1. The summed E-state index contributed by atoms with van der Waals surface area (Å²) in [4.78, 5) is 16.3. The van der Waals surface area contributed by atoms with Gasteiger partial charge in [-0.1, -0.05) is 72.3 Å². The molecule has 0 saturated heterocycles. The molecule has 10 heteroatoms. The fraction of sp³-hybridized carbons (Fsp3) is 0.192. The lowest BCUT2D eigenvalue weighted by Gasteiger charge is -2.20. The van der Waals surface area contributed by atoms with E-state index in [2.05, 4.69) is 9.71 Å². The summed E-state index contributed by atoms with van der Waals surface area (Å²) in [7, 11) is -4.04. The van der Waals surface area contributed by atoms with E-state index in [0.29, 0.717) is 11.6 Å². The number of nitrogens with zero attached hydrogens (tertiary/aromatic N) is 3. The Labute approximate surface area is 215 Å². The molecular formula is C26H25ClN4O4S. The molecule has 1 heterocycles. The molecule has 4 rings (SSSR count). The number of carbonyl (C=O) groups is 1. The number of nitrogens with one attached hydrogen (secondary N) is 1. The summed E-state index contributed by atoms with van der Waals surface area (Å²) in [6.45, 7) is 1.83. The molecule has 0 amide bonds. The molecule has 1 N–H and O–H groups in total. The van der Waals surface area contributed by atoms with E-state index in [1.165, 1.54) is 29.3 Å². The Morgan fingerprint density at radius 2 is 1.69 bits per heavy atom.